The van der Waals surface area contributed by atoms with Gasteiger partial charge in [-0.05, 0) is 20.3 Å². The van der Waals surface area contributed by atoms with Gasteiger partial charge < -0.3 is 19.1 Å². The van der Waals surface area contributed by atoms with E-state index in [1.165, 1.54) is 0 Å². The monoisotopic (exact) mass is 369 g/mol. The summed E-state index contributed by atoms with van der Waals surface area (Å²) in [6.07, 6.45) is -0.669. The van der Waals surface area contributed by atoms with Crippen LogP contribution in [0.3, 0.4) is 0 Å². The van der Waals surface area contributed by atoms with Crippen LogP contribution < -0.4 is 5.32 Å². The van der Waals surface area contributed by atoms with Crippen molar-refractivity contribution in [3.8, 4) is 0 Å². The van der Waals surface area contributed by atoms with Gasteiger partial charge in [-0.2, -0.15) is 0 Å². The zero-order valence-electron chi connectivity index (χ0n) is 15.2. The Labute approximate surface area is 155 Å². The summed E-state index contributed by atoms with van der Waals surface area (Å²) in [5.74, 6) is -0.0896. The Hall–Kier alpha value is -3.42. The number of anilines is 1. The molecule has 2 aromatic heterocycles. The molecule has 3 rings (SSSR count). The summed E-state index contributed by atoms with van der Waals surface area (Å²) in [7, 11) is 0. The zero-order chi connectivity index (χ0) is 19.4. The number of amides is 1. The lowest BCUT2D eigenvalue weighted by Gasteiger charge is -2.17. The van der Waals surface area contributed by atoms with Crippen LogP contribution in [0.15, 0.2) is 45.4 Å². The van der Waals surface area contributed by atoms with Crippen LogP contribution in [0, 0.1) is 13.8 Å². The highest BCUT2D eigenvalue weighted by molar-refractivity contribution is 5.98. The van der Waals surface area contributed by atoms with Crippen LogP contribution in [0.2, 0.25) is 0 Å². The fraction of sp³-hybridized carbons (Fsp3) is 0.263. The maximum Gasteiger partial charge on any atom is 0.344 e. The third kappa shape index (κ3) is 4.05. The van der Waals surface area contributed by atoms with Gasteiger partial charge in [-0.1, -0.05) is 47.6 Å². The molecule has 0 saturated heterocycles. The second kappa shape index (κ2) is 7.86. The number of aryl methyl sites for hydroxylation is 3. The highest BCUT2D eigenvalue weighted by atomic mass is 16.6. The smallest absolute Gasteiger partial charge is 0.344 e. The van der Waals surface area contributed by atoms with Gasteiger partial charge in [0.25, 0.3) is 5.91 Å². The molecule has 27 heavy (non-hydrogen) atoms. The van der Waals surface area contributed by atoms with E-state index in [2.05, 4.69) is 15.6 Å². The number of carbonyl (C=O) groups is 2. The Bertz CT molecular complexity index is 945. The van der Waals surface area contributed by atoms with Gasteiger partial charge >= 0.3 is 5.97 Å². The van der Waals surface area contributed by atoms with Gasteiger partial charge in [-0.3, -0.25) is 4.79 Å². The zero-order valence-corrected chi connectivity index (χ0v) is 15.2. The standard InChI is InChI=1S/C19H19N3O5/c1-4-14-16(12(3)27-21-14)19(24)25-17(13-8-6-5-7-9-13)18(23)20-15-10-11(2)26-22-15/h5-10,17H,4H2,1-3H3,(H,20,22,23). The van der Waals surface area contributed by atoms with Crippen molar-refractivity contribution in [3.63, 3.8) is 0 Å². The molecule has 0 aliphatic carbocycles. The molecule has 0 bridgehead atoms. The molecule has 1 aromatic carbocycles. The van der Waals surface area contributed by atoms with Crippen molar-refractivity contribution in [1.29, 1.82) is 0 Å². The van der Waals surface area contributed by atoms with Crippen LogP contribution in [0.1, 0.15) is 46.2 Å². The first-order valence-electron chi connectivity index (χ1n) is 8.44. The van der Waals surface area contributed by atoms with E-state index in [-0.39, 0.29) is 11.4 Å². The van der Waals surface area contributed by atoms with Crippen molar-refractivity contribution in [3.05, 3.63) is 64.7 Å². The summed E-state index contributed by atoms with van der Waals surface area (Å²) in [4.78, 5) is 25.5. The number of esters is 1. The van der Waals surface area contributed by atoms with Crippen LogP contribution in [-0.4, -0.2) is 22.2 Å². The third-order valence-corrected chi connectivity index (χ3v) is 3.92. The number of rotatable bonds is 6. The number of hydrogen-bond acceptors (Lipinski definition) is 7. The van der Waals surface area contributed by atoms with E-state index in [0.717, 1.165) is 0 Å². The quantitative estimate of drug-likeness (QED) is 0.664. The third-order valence-electron chi connectivity index (χ3n) is 3.92. The Morgan fingerprint density at radius 1 is 1.15 bits per heavy atom. The van der Waals surface area contributed by atoms with Crippen molar-refractivity contribution in [2.75, 3.05) is 5.32 Å². The fourth-order valence-electron chi connectivity index (χ4n) is 2.60. The molecule has 0 aliphatic heterocycles. The molecule has 0 radical (unpaired) electrons. The minimum atomic E-state index is -1.17. The summed E-state index contributed by atoms with van der Waals surface area (Å²) in [6.45, 7) is 5.18. The van der Waals surface area contributed by atoms with Crippen molar-refractivity contribution >= 4 is 17.7 Å². The molecule has 2 heterocycles. The van der Waals surface area contributed by atoms with Crippen LogP contribution in [0.25, 0.3) is 0 Å². The average molecular weight is 369 g/mol. The molecule has 0 fully saturated rings. The lowest BCUT2D eigenvalue weighted by atomic mass is 10.1. The van der Waals surface area contributed by atoms with E-state index < -0.39 is 18.0 Å². The summed E-state index contributed by atoms with van der Waals surface area (Å²) < 4.78 is 15.6. The highest BCUT2D eigenvalue weighted by Gasteiger charge is 2.29. The Morgan fingerprint density at radius 3 is 2.52 bits per heavy atom. The van der Waals surface area contributed by atoms with E-state index in [0.29, 0.717) is 29.2 Å². The molecule has 0 saturated carbocycles. The Morgan fingerprint density at radius 2 is 1.89 bits per heavy atom. The first-order valence-corrected chi connectivity index (χ1v) is 8.44. The normalized spacial score (nSPS) is 11.8. The molecule has 1 atom stereocenters. The van der Waals surface area contributed by atoms with Crippen molar-refractivity contribution in [2.24, 2.45) is 0 Å². The molecule has 8 heteroatoms. The molecule has 1 amide bonds. The molecular formula is C19H19N3O5. The number of benzene rings is 1. The van der Waals surface area contributed by atoms with E-state index >= 15 is 0 Å². The molecule has 1 unspecified atom stereocenters. The molecule has 140 valence electrons. The van der Waals surface area contributed by atoms with Crippen molar-refractivity contribution in [2.45, 2.75) is 33.3 Å². The molecule has 1 N–H and O–H groups in total. The number of nitrogens with one attached hydrogen (secondary N) is 1. The average Bonchev–Trinajstić information content (AvgIpc) is 3.25. The van der Waals surface area contributed by atoms with Crippen LogP contribution >= 0.6 is 0 Å². The lowest BCUT2D eigenvalue weighted by Crippen LogP contribution is -2.26. The van der Waals surface area contributed by atoms with Gasteiger partial charge in [0.2, 0.25) is 6.10 Å². The van der Waals surface area contributed by atoms with E-state index in [1.807, 2.05) is 6.92 Å². The maximum atomic E-state index is 12.8. The van der Waals surface area contributed by atoms with Crippen LogP contribution in [0.4, 0.5) is 5.82 Å². The van der Waals surface area contributed by atoms with Gasteiger partial charge in [0.15, 0.2) is 5.82 Å². The van der Waals surface area contributed by atoms with Gasteiger partial charge in [-0.25, -0.2) is 4.79 Å². The fourth-order valence-corrected chi connectivity index (χ4v) is 2.60. The van der Waals surface area contributed by atoms with E-state index in [9.17, 15) is 9.59 Å². The van der Waals surface area contributed by atoms with Gasteiger partial charge in [-0.15, -0.1) is 0 Å². The van der Waals surface area contributed by atoms with Crippen molar-refractivity contribution in [1.82, 2.24) is 10.3 Å². The minimum absolute atomic E-state index is 0.239. The molecule has 3 aromatic rings. The second-order valence-corrected chi connectivity index (χ2v) is 5.92. The summed E-state index contributed by atoms with van der Waals surface area (Å²) in [5.41, 5.74) is 1.25. The molecule has 0 spiro atoms. The predicted octanol–water partition coefficient (Wildman–Crippen LogP) is 3.38. The van der Waals surface area contributed by atoms with Crippen LogP contribution in [0.5, 0.6) is 0 Å². The van der Waals surface area contributed by atoms with E-state index in [4.69, 9.17) is 13.8 Å². The second-order valence-electron chi connectivity index (χ2n) is 5.92. The van der Waals surface area contributed by atoms with Gasteiger partial charge in [0.1, 0.15) is 17.1 Å². The molecule has 8 nitrogen and oxygen atoms in total. The predicted molar refractivity (Wildman–Crippen MR) is 95.1 cm³/mol. The van der Waals surface area contributed by atoms with E-state index in [1.54, 1.807) is 50.2 Å². The minimum Gasteiger partial charge on any atom is -0.444 e. The number of ether oxygens (including phenoxy) is 1. The largest absolute Gasteiger partial charge is 0.444 e. The number of aromatic nitrogens is 2. The number of hydrogen-bond donors (Lipinski definition) is 1. The summed E-state index contributed by atoms with van der Waals surface area (Å²) in [5, 5.41) is 10.2. The summed E-state index contributed by atoms with van der Waals surface area (Å²) >= 11 is 0. The Kier molecular flexibility index (Phi) is 5.35. The molecule has 0 aliphatic rings. The first kappa shape index (κ1) is 18.4. The first-order chi connectivity index (χ1) is 13.0. The topological polar surface area (TPSA) is 107 Å². The highest BCUT2D eigenvalue weighted by Crippen LogP contribution is 2.24. The van der Waals surface area contributed by atoms with Gasteiger partial charge in [0.05, 0.1) is 5.69 Å². The maximum absolute atomic E-state index is 12.8. The SMILES string of the molecule is CCc1noc(C)c1C(=O)OC(C(=O)Nc1cc(C)on1)c1ccccc1. The Balaban J connectivity index is 1.87. The van der Waals surface area contributed by atoms with Crippen molar-refractivity contribution < 1.29 is 23.4 Å². The summed E-state index contributed by atoms with van der Waals surface area (Å²) in [6, 6.07) is 10.3. The molecular weight excluding hydrogens is 350 g/mol. The van der Waals surface area contributed by atoms with Gasteiger partial charge in [0, 0.05) is 11.6 Å². The van der Waals surface area contributed by atoms with Crippen LogP contribution in [-0.2, 0) is 16.0 Å². The number of carbonyl (C=O) groups excluding carboxylic acids is 2. The number of nitrogens with zero attached hydrogens (tertiary/aromatic N) is 2. The lowest BCUT2D eigenvalue weighted by molar-refractivity contribution is -0.125.